The number of fused-ring (bicyclic) bond motifs is 3. The third-order valence-electron chi connectivity index (χ3n) is 11.8. The van der Waals surface area contributed by atoms with Crippen molar-refractivity contribution in [3.63, 3.8) is 0 Å². The Morgan fingerprint density at radius 2 is 0.745 bits per heavy atom. The molecule has 0 saturated heterocycles. The van der Waals surface area contributed by atoms with Crippen molar-refractivity contribution in [1.82, 2.24) is 0 Å². The molecule has 2 heterocycles. The average Bonchev–Trinajstić information content (AvgIpc) is 3.99. The summed E-state index contributed by atoms with van der Waals surface area (Å²) in [5.74, 6) is 1.79. The second-order valence-electron chi connectivity index (χ2n) is 15.4. The highest BCUT2D eigenvalue weighted by molar-refractivity contribution is 7.19. The maximum atomic E-state index is 5.43. The third-order valence-corrected chi connectivity index (χ3v) is 14.2. The minimum absolute atomic E-state index is 0.0122. The van der Waals surface area contributed by atoms with Crippen LogP contribution in [0, 0.1) is 0 Å². The van der Waals surface area contributed by atoms with E-state index in [1.807, 2.05) is 22.7 Å². The number of hydrogen-bond donors (Lipinski definition) is 0. The molecule has 2 aromatic heterocycles. The number of hydrogen-bond acceptors (Lipinski definition) is 4. The fourth-order valence-electron chi connectivity index (χ4n) is 8.69. The fourth-order valence-corrected chi connectivity index (χ4v) is 10.7. The normalized spacial score (nSPS) is 12.8. The van der Waals surface area contributed by atoms with Crippen molar-refractivity contribution in [2.24, 2.45) is 0 Å². The summed E-state index contributed by atoms with van der Waals surface area (Å²) in [6.07, 6.45) is 18.3. The largest absolute Gasteiger partial charge is 0.497 e. The lowest BCUT2D eigenvalue weighted by Gasteiger charge is -2.33. The average molecular weight is 767 g/mol. The first-order valence-electron chi connectivity index (χ1n) is 20.9. The van der Waals surface area contributed by atoms with Crippen molar-refractivity contribution < 1.29 is 9.47 Å². The molecule has 4 heteroatoms. The summed E-state index contributed by atoms with van der Waals surface area (Å²) in [6.45, 7) is 4.64. The predicted octanol–water partition coefficient (Wildman–Crippen LogP) is 16.3. The van der Waals surface area contributed by atoms with Gasteiger partial charge in [0.05, 0.1) is 14.2 Å². The SMILES string of the molecule is CCCCCCCCC1(CCCCCCCC)c2cc(-c3ccc(-c4ccc(OC)cc4)s3)ccc2-c2ccc(-c3ccc(-c4ccc(OC)cc4)s3)cc21. The van der Waals surface area contributed by atoms with Crippen LogP contribution in [0.25, 0.3) is 52.9 Å². The third kappa shape index (κ3) is 8.82. The highest BCUT2D eigenvalue weighted by atomic mass is 32.1. The lowest BCUT2D eigenvalue weighted by Crippen LogP contribution is -2.25. The van der Waals surface area contributed by atoms with E-state index in [-0.39, 0.29) is 5.41 Å². The minimum Gasteiger partial charge on any atom is -0.497 e. The Morgan fingerprint density at radius 1 is 0.400 bits per heavy atom. The number of thiophene rings is 2. The van der Waals surface area contributed by atoms with E-state index < -0.39 is 0 Å². The van der Waals surface area contributed by atoms with Gasteiger partial charge in [0.15, 0.2) is 0 Å². The number of methoxy groups -OCH3 is 2. The van der Waals surface area contributed by atoms with Crippen LogP contribution in [-0.2, 0) is 5.41 Å². The monoisotopic (exact) mass is 766 g/mol. The molecule has 1 aliphatic rings. The van der Waals surface area contributed by atoms with Gasteiger partial charge in [-0.2, -0.15) is 0 Å². The van der Waals surface area contributed by atoms with Gasteiger partial charge in [0.25, 0.3) is 0 Å². The van der Waals surface area contributed by atoms with Crippen LogP contribution in [0.2, 0.25) is 0 Å². The zero-order valence-corrected chi connectivity index (χ0v) is 35.1. The molecule has 0 N–H and O–H groups in total. The van der Waals surface area contributed by atoms with E-state index in [1.54, 1.807) is 25.3 Å². The topological polar surface area (TPSA) is 18.5 Å². The zero-order valence-electron chi connectivity index (χ0n) is 33.4. The van der Waals surface area contributed by atoms with Crippen LogP contribution >= 0.6 is 22.7 Å². The molecule has 7 rings (SSSR count). The minimum atomic E-state index is 0.0122. The van der Waals surface area contributed by atoms with Crippen molar-refractivity contribution in [2.45, 2.75) is 109 Å². The van der Waals surface area contributed by atoms with Crippen LogP contribution < -0.4 is 9.47 Å². The molecule has 0 saturated carbocycles. The molecular formula is C51H58O2S2. The van der Waals surface area contributed by atoms with Gasteiger partial charge in [-0.1, -0.05) is 115 Å². The maximum Gasteiger partial charge on any atom is 0.118 e. The first-order chi connectivity index (χ1) is 27.1. The van der Waals surface area contributed by atoms with E-state index in [9.17, 15) is 0 Å². The first-order valence-corrected chi connectivity index (χ1v) is 22.5. The molecule has 1 aliphatic carbocycles. The standard InChI is InChI=1S/C51H58O2S2/c1-5-7-9-11-13-15-33-51(34-16-14-12-10-8-6-2)45-35-39(49-31-29-47(54-49)37-17-23-41(52-3)24-18-37)21-27-43(45)44-28-22-40(36-46(44)51)50-32-30-48(55-50)38-19-25-42(53-4)26-20-38/h17-32,35-36H,5-16,33-34H2,1-4H3. The Labute approximate surface area is 338 Å². The lowest BCUT2D eigenvalue weighted by atomic mass is 9.70. The second kappa shape index (κ2) is 18.7. The zero-order chi connectivity index (χ0) is 38.0. The Hall–Kier alpha value is -4.12. The molecule has 0 bridgehead atoms. The van der Waals surface area contributed by atoms with E-state index in [2.05, 4.69) is 123 Å². The summed E-state index contributed by atoms with van der Waals surface area (Å²) >= 11 is 3.79. The fraction of sp³-hybridized carbons (Fsp3) is 0.373. The quantitative estimate of drug-likeness (QED) is 0.0721. The summed E-state index contributed by atoms with van der Waals surface area (Å²) in [7, 11) is 3.46. The second-order valence-corrected chi connectivity index (χ2v) is 17.6. The first kappa shape index (κ1) is 39.1. The van der Waals surface area contributed by atoms with Gasteiger partial charge in [0.1, 0.15) is 11.5 Å². The highest BCUT2D eigenvalue weighted by Crippen LogP contribution is 2.56. The van der Waals surface area contributed by atoms with E-state index in [0.29, 0.717) is 0 Å². The molecule has 0 spiro atoms. The molecule has 2 nitrogen and oxygen atoms in total. The lowest BCUT2D eigenvalue weighted by molar-refractivity contribution is 0.398. The van der Waals surface area contributed by atoms with E-state index >= 15 is 0 Å². The number of benzene rings is 4. The molecule has 0 fully saturated rings. The van der Waals surface area contributed by atoms with E-state index in [1.165, 1.54) is 143 Å². The molecule has 286 valence electrons. The summed E-state index contributed by atoms with van der Waals surface area (Å²) in [5, 5.41) is 0. The smallest absolute Gasteiger partial charge is 0.118 e. The number of rotatable bonds is 20. The Bertz CT molecular complexity index is 1960. The molecule has 6 aromatic rings. The molecule has 0 aliphatic heterocycles. The molecule has 0 atom stereocenters. The number of ether oxygens (including phenoxy) is 2. The summed E-state index contributed by atoms with van der Waals surface area (Å²) in [5.41, 5.74) is 11.2. The van der Waals surface area contributed by atoms with Crippen LogP contribution in [0.3, 0.4) is 0 Å². The Balaban J connectivity index is 1.26. The predicted molar refractivity (Wildman–Crippen MR) is 239 cm³/mol. The van der Waals surface area contributed by atoms with Gasteiger partial charge in [-0.3, -0.25) is 0 Å². The van der Waals surface area contributed by atoms with Crippen molar-refractivity contribution in [2.75, 3.05) is 14.2 Å². The van der Waals surface area contributed by atoms with Gasteiger partial charge in [-0.15, -0.1) is 22.7 Å². The van der Waals surface area contributed by atoms with E-state index in [4.69, 9.17) is 9.47 Å². The van der Waals surface area contributed by atoms with E-state index in [0.717, 1.165) is 11.5 Å². The summed E-state index contributed by atoms with van der Waals surface area (Å²) in [6, 6.07) is 41.0. The van der Waals surface area contributed by atoms with Gasteiger partial charge in [-0.05, 0) is 142 Å². The molecule has 0 unspecified atom stereocenters. The molecule has 0 radical (unpaired) electrons. The summed E-state index contributed by atoms with van der Waals surface area (Å²) in [4.78, 5) is 5.26. The van der Waals surface area contributed by atoms with Crippen LogP contribution in [0.1, 0.15) is 115 Å². The van der Waals surface area contributed by atoms with Crippen LogP contribution in [0.15, 0.2) is 109 Å². The van der Waals surface area contributed by atoms with Gasteiger partial charge < -0.3 is 9.47 Å². The van der Waals surface area contributed by atoms with Gasteiger partial charge in [0.2, 0.25) is 0 Å². The Kier molecular flexibility index (Phi) is 13.3. The van der Waals surface area contributed by atoms with Gasteiger partial charge >= 0.3 is 0 Å². The summed E-state index contributed by atoms with van der Waals surface area (Å²) < 4.78 is 10.9. The molecule has 0 amide bonds. The maximum absolute atomic E-state index is 5.43. The van der Waals surface area contributed by atoms with Gasteiger partial charge in [0, 0.05) is 24.9 Å². The van der Waals surface area contributed by atoms with Crippen molar-refractivity contribution in [3.05, 3.63) is 120 Å². The van der Waals surface area contributed by atoms with Gasteiger partial charge in [-0.25, -0.2) is 0 Å². The van der Waals surface area contributed by atoms with Crippen LogP contribution in [0.5, 0.6) is 11.5 Å². The molecule has 55 heavy (non-hydrogen) atoms. The number of unbranched alkanes of at least 4 members (excludes halogenated alkanes) is 10. The van der Waals surface area contributed by atoms with Crippen LogP contribution in [-0.4, -0.2) is 14.2 Å². The van der Waals surface area contributed by atoms with Crippen molar-refractivity contribution in [3.8, 4) is 64.4 Å². The van der Waals surface area contributed by atoms with Crippen LogP contribution in [0.4, 0.5) is 0 Å². The highest BCUT2D eigenvalue weighted by Gasteiger charge is 2.42. The van der Waals surface area contributed by atoms with Crippen molar-refractivity contribution in [1.29, 1.82) is 0 Å². The molecule has 4 aromatic carbocycles. The Morgan fingerprint density at radius 3 is 1.13 bits per heavy atom. The molecular weight excluding hydrogens is 709 g/mol. The van der Waals surface area contributed by atoms with Crippen molar-refractivity contribution >= 4 is 22.7 Å².